The molecule has 0 radical (unpaired) electrons. The van der Waals surface area contributed by atoms with Crippen LogP contribution in [0.4, 0.5) is 0 Å². The number of H-pyrrole nitrogens is 1. The third-order valence-electron chi connectivity index (χ3n) is 3.80. The smallest absolute Gasteiger partial charge is 0.112 e. The maximum absolute atomic E-state index is 6.40. The Morgan fingerprint density at radius 1 is 1.33 bits per heavy atom. The van der Waals surface area contributed by atoms with E-state index in [1.54, 1.807) is 0 Å². The molecule has 4 nitrogen and oxygen atoms in total. The first-order chi connectivity index (χ1) is 10.1. The molecule has 114 valence electrons. The second kappa shape index (κ2) is 7.38. The van der Waals surface area contributed by atoms with Gasteiger partial charge in [-0.15, -0.1) is 0 Å². The van der Waals surface area contributed by atoms with E-state index in [1.807, 2.05) is 18.2 Å². The molecule has 0 saturated heterocycles. The van der Waals surface area contributed by atoms with Crippen molar-refractivity contribution in [2.24, 2.45) is 11.5 Å². The highest BCUT2D eigenvalue weighted by Gasteiger charge is 2.21. The lowest BCUT2D eigenvalue weighted by Crippen LogP contribution is -2.29. The highest BCUT2D eigenvalue weighted by molar-refractivity contribution is 5.74. The zero-order chi connectivity index (χ0) is 15.2. The molecule has 21 heavy (non-hydrogen) atoms. The monoisotopic (exact) mass is 286 g/mol. The summed E-state index contributed by atoms with van der Waals surface area (Å²) in [5.74, 6) is 1.19. The van der Waals surface area contributed by atoms with E-state index in [-0.39, 0.29) is 12.0 Å². The molecule has 0 saturated carbocycles. The first-order valence-electron chi connectivity index (χ1n) is 7.65. The quantitative estimate of drug-likeness (QED) is 0.684. The van der Waals surface area contributed by atoms with Gasteiger partial charge < -0.3 is 16.5 Å². The first-order valence-corrected chi connectivity index (χ1v) is 7.65. The summed E-state index contributed by atoms with van der Waals surface area (Å²) in [5.41, 5.74) is 15.4. The van der Waals surface area contributed by atoms with Gasteiger partial charge in [0.25, 0.3) is 0 Å². The van der Waals surface area contributed by atoms with Crippen LogP contribution in [0.15, 0.2) is 35.9 Å². The van der Waals surface area contributed by atoms with Gasteiger partial charge in [-0.05, 0) is 51.8 Å². The summed E-state index contributed by atoms with van der Waals surface area (Å²) in [4.78, 5) is 8.15. The van der Waals surface area contributed by atoms with Crippen LogP contribution < -0.4 is 11.5 Å². The zero-order valence-electron chi connectivity index (χ0n) is 13.0. The van der Waals surface area contributed by atoms with E-state index in [9.17, 15) is 0 Å². The summed E-state index contributed by atoms with van der Waals surface area (Å²) in [6.07, 6.45) is 5.02. The normalized spacial score (nSPS) is 14.1. The SMILES string of the molecule is CC(C)=CCC(c1nc2ccccc2[nH]1)C(N)CCCN. The van der Waals surface area contributed by atoms with E-state index in [0.717, 1.165) is 36.1 Å². The summed E-state index contributed by atoms with van der Waals surface area (Å²) in [5, 5.41) is 0. The van der Waals surface area contributed by atoms with Gasteiger partial charge in [-0.1, -0.05) is 23.8 Å². The number of nitrogens with one attached hydrogen (secondary N) is 1. The topological polar surface area (TPSA) is 80.7 Å². The molecule has 2 rings (SSSR count). The second-order valence-corrected chi connectivity index (χ2v) is 5.86. The summed E-state index contributed by atoms with van der Waals surface area (Å²) < 4.78 is 0. The Labute approximate surface area is 126 Å². The summed E-state index contributed by atoms with van der Waals surface area (Å²) >= 11 is 0. The molecule has 0 fully saturated rings. The summed E-state index contributed by atoms with van der Waals surface area (Å²) in [7, 11) is 0. The van der Waals surface area contributed by atoms with Crippen molar-refractivity contribution < 1.29 is 0 Å². The van der Waals surface area contributed by atoms with Crippen LogP contribution in [-0.2, 0) is 0 Å². The van der Waals surface area contributed by atoms with Crippen molar-refractivity contribution in [2.75, 3.05) is 6.54 Å². The Morgan fingerprint density at radius 3 is 2.76 bits per heavy atom. The van der Waals surface area contributed by atoms with Gasteiger partial charge in [0.05, 0.1) is 11.0 Å². The molecule has 0 aliphatic heterocycles. The number of allylic oxidation sites excluding steroid dienone is 2. The molecule has 0 aliphatic carbocycles. The van der Waals surface area contributed by atoms with Gasteiger partial charge in [0, 0.05) is 12.0 Å². The van der Waals surface area contributed by atoms with E-state index in [1.165, 1.54) is 5.57 Å². The Bertz CT molecular complexity index is 563. The highest BCUT2D eigenvalue weighted by atomic mass is 14.9. The number of nitrogens with two attached hydrogens (primary N) is 2. The third-order valence-corrected chi connectivity index (χ3v) is 3.80. The number of aromatic nitrogens is 2. The van der Waals surface area contributed by atoms with Crippen molar-refractivity contribution in [1.29, 1.82) is 0 Å². The molecule has 0 bridgehead atoms. The number of imidazole rings is 1. The molecule has 5 N–H and O–H groups in total. The van der Waals surface area contributed by atoms with E-state index in [0.29, 0.717) is 6.54 Å². The standard InChI is InChI=1S/C17H26N4/c1-12(2)9-10-13(14(19)6-5-11-18)17-20-15-7-3-4-8-16(15)21-17/h3-4,7-9,13-14H,5-6,10-11,18-19H2,1-2H3,(H,20,21). The van der Waals surface area contributed by atoms with Crippen molar-refractivity contribution >= 4 is 11.0 Å². The fraction of sp³-hybridized carbons (Fsp3) is 0.471. The van der Waals surface area contributed by atoms with Crippen LogP contribution in [-0.4, -0.2) is 22.6 Å². The van der Waals surface area contributed by atoms with Crippen LogP contribution in [0.5, 0.6) is 0 Å². The molecular formula is C17H26N4. The fourth-order valence-corrected chi connectivity index (χ4v) is 2.55. The molecule has 2 atom stereocenters. The van der Waals surface area contributed by atoms with E-state index in [2.05, 4.69) is 31.0 Å². The van der Waals surface area contributed by atoms with Crippen LogP contribution >= 0.6 is 0 Å². The number of fused-ring (bicyclic) bond motifs is 1. The lowest BCUT2D eigenvalue weighted by molar-refractivity contribution is 0.475. The van der Waals surface area contributed by atoms with Gasteiger partial charge in [0.2, 0.25) is 0 Å². The minimum Gasteiger partial charge on any atom is -0.342 e. The van der Waals surface area contributed by atoms with Gasteiger partial charge in [-0.3, -0.25) is 0 Å². The van der Waals surface area contributed by atoms with Crippen LogP contribution in [0.2, 0.25) is 0 Å². The highest BCUT2D eigenvalue weighted by Crippen LogP contribution is 2.26. The van der Waals surface area contributed by atoms with E-state index < -0.39 is 0 Å². The van der Waals surface area contributed by atoms with Crippen LogP contribution in [0.3, 0.4) is 0 Å². The lowest BCUT2D eigenvalue weighted by atomic mass is 9.91. The molecule has 0 spiro atoms. The van der Waals surface area contributed by atoms with Crippen molar-refractivity contribution in [3.8, 4) is 0 Å². The average molecular weight is 286 g/mol. The van der Waals surface area contributed by atoms with Crippen LogP contribution in [0.1, 0.15) is 44.9 Å². The summed E-state index contributed by atoms with van der Waals surface area (Å²) in [6, 6.07) is 8.18. The number of benzene rings is 1. The molecule has 1 heterocycles. The summed E-state index contributed by atoms with van der Waals surface area (Å²) in [6.45, 7) is 4.91. The molecule has 0 amide bonds. The number of hydrogen-bond donors (Lipinski definition) is 3. The number of aromatic amines is 1. The minimum absolute atomic E-state index is 0.0738. The Balaban J connectivity index is 2.26. The first kappa shape index (κ1) is 15.7. The van der Waals surface area contributed by atoms with Crippen LogP contribution in [0.25, 0.3) is 11.0 Å². The predicted octanol–water partition coefficient (Wildman–Crippen LogP) is 3.07. The lowest BCUT2D eigenvalue weighted by Gasteiger charge is -2.21. The third kappa shape index (κ3) is 4.16. The van der Waals surface area contributed by atoms with E-state index in [4.69, 9.17) is 16.5 Å². The van der Waals surface area contributed by atoms with Crippen molar-refractivity contribution in [2.45, 2.75) is 45.1 Å². The van der Waals surface area contributed by atoms with E-state index >= 15 is 0 Å². The molecular weight excluding hydrogens is 260 g/mol. The van der Waals surface area contributed by atoms with Gasteiger partial charge in [-0.2, -0.15) is 0 Å². The van der Waals surface area contributed by atoms with Crippen molar-refractivity contribution in [3.05, 3.63) is 41.7 Å². The average Bonchev–Trinajstić information content (AvgIpc) is 2.88. The minimum atomic E-state index is 0.0738. The zero-order valence-corrected chi connectivity index (χ0v) is 13.0. The Hall–Kier alpha value is -1.65. The Kier molecular flexibility index (Phi) is 5.53. The van der Waals surface area contributed by atoms with Crippen molar-refractivity contribution in [1.82, 2.24) is 9.97 Å². The Morgan fingerprint density at radius 2 is 2.10 bits per heavy atom. The number of hydrogen-bond acceptors (Lipinski definition) is 3. The maximum Gasteiger partial charge on any atom is 0.112 e. The van der Waals surface area contributed by atoms with Crippen molar-refractivity contribution in [3.63, 3.8) is 0 Å². The molecule has 2 aromatic rings. The maximum atomic E-state index is 6.40. The van der Waals surface area contributed by atoms with Crippen LogP contribution in [0, 0.1) is 0 Å². The number of rotatable bonds is 7. The molecule has 1 aromatic carbocycles. The second-order valence-electron chi connectivity index (χ2n) is 5.86. The van der Waals surface area contributed by atoms with Gasteiger partial charge in [0.1, 0.15) is 5.82 Å². The number of para-hydroxylation sites is 2. The van der Waals surface area contributed by atoms with Gasteiger partial charge in [0.15, 0.2) is 0 Å². The molecule has 0 aliphatic rings. The number of nitrogens with zero attached hydrogens (tertiary/aromatic N) is 1. The predicted molar refractivity (Wildman–Crippen MR) is 89.1 cm³/mol. The molecule has 1 aromatic heterocycles. The largest absolute Gasteiger partial charge is 0.342 e. The molecule has 4 heteroatoms. The fourth-order valence-electron chi connectivity index (χ4n) is 2.55. The molecule has 2 unspecified atom stereocenters. The van der Waals surface area contributed by atoms with Gasteiger partial charge >= 0.3 is 0 Å². The van der Waals surface area contributed by atoms with Gasteiger partial charge in [-0.25, -0.2) is 4.98 Å².